The zero-order chi connectivity index (χ0) is 34.5. The maximum atomic E-state index is 14.0. The fourth-order valence-electron chi connectivity index (χ4n) is 5.63. The highest BCUT2D eigenvalue weighted by atomic mass is 32.2. The van der Waals surface area contributed by atoms with Gasteiger partial charge in [-0.2, -0.15) is 0 Å². The number of nitrogens with zero attached hydrogens (tertiary/aromatic N) is 4. The quantitative estimate of drug-likeness (QED) is 0.226. The zero-order valence-corrected chi connectivity index (χ0v) is 27.9. The number of pyridine rings is 1. The average molecular weight is 670 g/mol. The van der Waals surface area contributed by atoms with Crippen LogP contribution < -0.4 is 19.9 Å². The van der Waals surface area contributed by atoms with Gasteiger partial charge in [0, 0.05) is 42.2 Å². The molecule has 1 amide bonds. The summed E-state index contributed by atoms with van der Waals surface area (Å²) < 4.78 is 53.7. The summed E-state index contributed by atoms with van der Waals surface area (Å²) in [6, 6.07) is 17.6. The molecule has 0 unspecified atom stereocenters. The summed E-state index contributed by atoms with van der Waals surface area (Å²) in [4.78, 5) is 36.6. The van der Waals surface area contributed by atoms with Gasteiger partial charge in [0.05, 0.1) is 42.4 Å². The number of fused-ring (bicyclic) bond motifs is 2. The largest absolute Gasteiger partial charge is 0.496 e. The molecular weight excluding hydrogens is 637 g/mol. The number of ether oxygens (including phenoxy) is 1. The van der Waals surface area contributed by atoms with Crippen LogP contribution in [0.5, 0.6) is 5.75 Å². The first-order valence-corrected chi connectivity index (χ1v) is 16.7. The molecule has 11 nitrogen and oxygen atoms in total. The van der Waals surface area contributed by atoms with Gasteiger partial charge >= 0.3 is 0 Å². The van der Waals surface area contributed by atoms with Gasteiger partial charge in [-0.05, 0) is 67.9 Å². The third kappa shape index (κ3) is 5.77. The molecule has 0 spiro atoms. The molecule has 3 aromatic heterocycles. The summed E-state index contributed by atoms with van der Waals surface area (Å²) in [5, 5.41) is 2.98. The highest BCUT2D eigenvalue weighted by molar-refractivity contribution is 7.92. The number of methoxy groups -OCH3 is 1. The number of carbonyl (C=O) groups excluding carboxylic acids is 1. The smallest absolute Gasteiger partial charge is 0.280 e. The van der Waals surface area contributed by atoms with Crippen LogP contribution in [0.15, 0.2) is 75.9 Å². The fourth-order valence-corrected chi connectivity index (χ4v) is 6.14. The molecule has 48 heavy (non-hydrogen) atoms. The van der Waals surface area contributed by atoms with Gasteiger partial charge in [0.1, 0.15) is 28.7 Å². The molecule has 0 aliphatic heterocycles. The van der Waals surface area contributed by atoms with E-state index >= 15 is 0 Å². The second-order valence-electron chi connectivity index (χ2n) is 11.4. The Bertz CT molecular complexity index is 2420. The number of hydrogen-bond donors (Lipinski definition) is 1. The van der Waals surface area contributed by atoms with Gasteiger partial charge in [0.15, 0.2) is 5.52 Å². The standard InChI is InChI=1S/C35H32FN5O6S/c1-19-7-8-22(29(15-19)46-5)18-41-20(2)38-27-14-13-26(39-32(27)35(41)43)24-16-25-30(17-28(24)40(4)48(6,44)45)47-33(31(25)34(42)37-3)21-9-11-23(36)12-10-21/h7-17H,18H2,1-6H3,(H,37,42). The van der Waals surface area contributed by atoms with Crippen LogP contribution in [-0.4, -0.2) is 56.3 Å². The third-order valence-corrected chi connectivity index (χ3v) is 9.44. The molecule has 246 valence electrons. The van der Waals surface area contributed by atoms with Gasteiger partial charge in [0.2, 0.25) is 10.0 Å². The monoisotopic (exact) mass is 669 g/mol. The second kappa shape index (κ2) is 12.2. The lowest BCUT2D eigenvalue weighted by Gasteiger charge is -2.20. The van der Waals surface area contributed by atoms with Crippen molar-refractivity contribution in [2.75, 3.05) is 31.8 Å². The van der Waals surface area contributed by atoms with Crippen LogP contribution in [0.2, 0.25) is 0 Å². The van der Waals surface area contributed by atoms with E-state index in [1.54, 1.807) is 32.2 Å². The Balaban J connectivity index is 1.60. The molecule has 0 atom stereocenters. The van der Waals surface area contributed by atoms with E-state index in [1.165, 1.54) is 49.0 Å². The number of aromatic nitrogens is 3. The Kier molecular flexibility index (Phi) is 8.25. The van der Waals surface area contributed by atoms with Crippen molar-refractivity contribution in [1.82, 2.24) is 19.9 Å². The van der Waals surface area contributed by atoms with E-state index in [-0.39, 0.29) is 40.3 Å². The maximum absolute atomic E-state index is 14.0. The van der Waals surface area contributed by atoms with Crippen molar-refractivity contribution < 1.29 is 26.8 Å². The first-order chi connectivity index (χ1) is 22.8. The number of rotatable bonds is 8. The van der Waals surface area contributed by atoms with E-state index in [0.717, 1.165) is 21.7 Å². The molecule has 3 aromatic carbocycles. The molecule has 6 aromatic rings. The number of halogens is 1. The molecule has 0 aliphatic rings. The molecule has 0 saturated carbocycles. The summed E-state index contributed by atoms with van der Waals surface area (Å²) in [6.07, 6.45) is 1.06. The molecule has 0 fully saturated rings. The van der Waals surface area contributed by atoms with Gasteiger partial charge in [-0.15, -0.1) is 0 Å². The minimum Gasteiger partial charge on any atom is -0.496 e. The highest BCUT2D eigenvalue weighted by Gasteiger charge is 2.27. The van der Waals surface area contributed by atoms with E-state index < -0.39 is 27.3 Å². The number of carbonyl (C=O) groups is 1. The average Bonchev–Trinajstić information content (AvgIpc) is 3.44. The summed E-state index contributed by atoms with van der Waals surface area (Å²) >= 11 is 0. The van der Waals surface area contributed by atoms with Gasteiger partial charge in [-0.1, -0.05) is 12.1 Å². The Morgan fingerprint density at radius 2 is 1.77 bits per heavy atom. The van der Waals surface area contributed by atoms with Crippen LogP contribution in [-0.2, 0) is 16.6 Å². The van der Waals surface area contributed by atoms with Gasteiger partial charge in [0.25, 0.3) is 11.5 Å². The number of aryl methyl sites for hydroxylation is 2. The topological polar surface area (TPSA) is 137 Å². The van der Waals surface area contributed by atoms with E-state index in [1.807, 2.05) is 25.1 Å². The van der Waals surface area contributed by atoms with Crippen LogP contribution in [0.4, 0.5) is 10.1 Å². The fraction of sp³-hybridized carbons (Fsp3) is 0.200. The lowest BCUT2D eigenvalue weighted by molar-refractivity contribution is 0.0964. The van der Waals surface area contributed by atoms with Crippen LogP contribution in [0.1, 0.15) is 27.3 Å². The van der Waals surface area contributed by atoms with Crippen LogP contribution in [0, 0.1) is 19.7 Å². The van der Waals surface area contributed by atoms with Crippen LogP contribution >= 0.6 is 0 Å². The van der Waals surface area contributed by atoms with Crippen molar-refractivity contribution in [3.63, 3.8) is 0 Å². The molecular formula is C35H32FN5O6S. The molecule has 0 radical (unpaired) electrons. The van der Waals surface area contributed by atoms with Gasteiger partial charge < -0.3 is 14.5 Å². The number of furan rings is 1. The van der Waals surface area contributed by atoms with E-state index in [2.05, 4.69) is 10.3 Å². The molecule has 3 heterocycles. The summed E-state index contributed by atoms with van der Waals surface area (Å²) in [5.41, 5.74) is 3.45. The number of hydrogen-bond acceptors (Lipinski definition) is 8. The van der Waals surface area contributed by atoms with Crippen molar-refractivity contribution in [3.8, 4) is 28.3 Å². The number of sulfonamides is 1. The minimum atomic E-state index is -3.79. The van der Waals surface area contributed by atoms with Crippen molar-refractivity contribution >= 4 is 43.6 Å². The van der Waals surface area contributed by atoms with E-state index in [9.17, 15) is 22.4 Å². The number of amides is 1. The molecule has 0 bridgehead atoms. The lowest BCUT2D eigenvalue weighted by Crippen LogP contribution is -2.26. The molecule has 0 saturated heterocycles. The summed E-state index contributed by atoms with van der Waals surface area (Å²) in [7, 11) is 0.637. The Morgan fingerprint density at radius 1 is 1.04 bits per heavy atom. The third-order valence-electron chi connectivity index (χ3n) is 8.25. The van der Waals surface area contributed by atoms with Gasteiger partial charge in [-0.25, -0.2) is 22.8 Å². The number of nitrogens with one attached hydrogen (secondary N) is 1. The summed E-state index contributed by atoms with van der Waals surface area (Å²) in [5.74, 6) is 0.362. The van der Waals surface area contributed by atoms with E-state index in [4.69, 9.17) is 14.1 Å². The Labute approximate surface area is 275 Å². The van der Waals surface area contributed by atoms with Crippen molar-refractivity contribution in [3.05, 3.63) is 105 Å². The van der Waals surface area contributed by atoms with Crippen molar-refractivity contribution in [1.29, 1.82) is 0 Å². The van der Waals surface area contributed by atoms with Crippen molar-refractivity contribution in [2.24, 2.45) is 0 Å². The lowest BCUT2D eigenvalue weighted by atomic mass is 10.0. The number of anilines is 1. The van der Waals surface area contributed by atoms with E-state index in [0.29, 0.717) is 33.6 Å². The zero-order valence-electron chi connectivity index (χ0n) is 27.1. The predicted molar refractivity (Wildman–Crippen MR) is 183 cm³/mol. The van der Waals surface area contributed by atoms with Crippen molar-refractivity contribution in [2.45, 2.75) is 20.4 Å². The predicted octanol–water partition coefficient (Wildman–Crippen LogP) is 5.44. The first-order valence-electron chi connectivity index (χ1n) is 14.8. The normalized spacial score (nSPS) is 11.6. The Hall–Kier alpha value is -5.56. The minimum absolute atomic E-state index is 0.0722. The first kappa shape index (κ1) is 32.4. The summed E-state index contributed by atoms with van der Waals surface area (Å²) in [6.45, 7) is 3.87. The van der Waals surface area contributed by atoms with Crippen LogP contribution in [0.3, 0.4) is 0 Å². The number of benzene rings is 3. The molecule has 6 rings (SSSR count). The second-order valence-corrected chi connectivity index (χ2v) is 13.4. The molecule has 0 aliphatic carbocycles. The molecule has 1 N–H and O–H groups in total. The van der Waals surface area contributed by atoms with Crippen LogP contribution in [0.25, 0.3) is 44.6 Å². The van der Waals surface area contributed by atoms with Gasteiger partial charge in [-0.3, -0.25) is 18.5 Å². The SMILES string of the molecule is CNC(=O)c1c(-c2ccc(F)cc2)oc2cc(N(C)S(C)(=O)=O)c(-c3ccc4nc(C)n(Cc5ccc(C)cc5OC)c(=O)c4n3)cc12. The highest BCUT2D eigenvalue weighted by Crippen LogP contribution is 2.41. The Morgan fingerprint density at radius 3 is 2.44 bits per heavy atom. The molecule has 13 heteroatoms. The maximum Gasteiger partial charge on any atom is 0.280 e.